The van der Waals surface area contributed by atoms with Crippen LogP contribution in [0.4, 0.5) is 4.79 Å². The van der Waals surface area contributed by atoms with Gasteiger partial charge in [0.25, 0.3) is 0 Å². The summed E-state index contributed by atoms with van der Waals surface area (Å²) < 4.78 is 17.6. The van der Waals surface area contributed by atoms with E-state index in [0.29, 0.717) is 30.6 Å². The second kappa shape index (κ2) is 14.0. The Balaban J connectivity index is 2.45. The lowest BCUT2D eigenvalue weighted by molar-refractivity contribution is 0.0522. The molecule has 0 spiro atoms. The molecule has 2 unspecified atom stereocenters. The molecule has 8 heteroatoms. The van der Waals surface area contributed by atoms with Crippen molar-refractivity contribution in [3.8, 4) is 0 Å². The Kier molecular flexibility index (Phi) is 12.1. The van der Waals surface area contributed by atoms with Crippen molar-refractivity contribution in [1.29, 1.82) is 0 Å². The monoisotopic (exact) mass is 438 g/mol. The number of carbonyl (C=O) groups is 1. The number of guanidine groups is 1. The van der Waals surface area contributed by atoms with Gasteiger partial charge in [0.2, 0.25) is 0 Å². The number of benzene rings is 1. The van der Waals surface area contributed by atoms with Gasteiger partial charge in [-0.3, -0.25) is 9.20 Å². The molecular weight excluding hydrogens is 400 g/mol. The summed E-state index contributed by atoms with van der Waals surface area (Å²) >= 11 is 0. The first kappa shape index (κ1) is 25.9. The van der Waals surface area contributed by atoms with Crippen LogP contribution in [0.25, 0.3) is 0 Å². The minimum Gasteiger partial charge on any atom is -0.444 e. The van der Waals surface area contributed by atoms with E-state index < -0.39 is 22.5 Å². The zero-order valence-corrected chi connectivity index (χ0v) is 19.8. The summed E-state index contributed by atoms with van der Waals surface area (Å²) in [5.74, 6) is 1.72. The molecule has 0 aliphatic carbocycles. The second-order valence-corrected chi connectivity index (χ2v) is 9.72. The van der Waals surface area contributed by atoms with Gasteiger partial charge in [0.1, 0.15) is 5.60 Å². The molecule has 170 valence electrons. The minimum absolute atomic E-state index is 0.0264. The zero-order valence-electron chi connectivity index (χ0n) is 19.0. The van der Waals surface area contributed by atoms with Crippen LogP contribution in [-0.4, -0.2) is 53.8 Å². The number of unbranched alkanes of at least 4 members (excludes halogenated alkanes) is 1. The molecule has 0 aliphatic heterocycles. The number of carbonyl (C=O) groups excluding carboxylic acids is 1. The third-order valence-corrected chi connectivity index (χ3v) is 5.47. The summed E-state index contributed by atoms with van der Waals surface area (Å²) in [5, 5.41) is 9.39. The lowest BCUT2D eigenvalue weighted by Crippen LogP contribution is -2.49. The normalized spacial score (nSPS) is 14.0. The van der Waals surface area contributed by atoms with E-state index in [1.165, 1.54) is 0 Å². The van der Waals surface area contributed by atoms with Crippen LogP contribution in [0.3, 0.4) is 0 Å². The quantitative estimate of drug-likeness (QED) is 0.365. The number of aliphatic imine (C=N–C) groups is 1. The Labute approximate surface area is 183 Å². The smallest absolute Gasteiger partial charge is 0.407 e. The van der Waals surface area contributed by atoms with Gasteiger partial charge in [-0.25, -0.2) is 4.79 Å². The van der Waals surface area contributed by atoms with E-state index in [1.807, 2.05) is 51.1 Å². The van der Waals surface area contributed by atoms with Gasteiger partial charge in [-0.2, -0.15) is 0 Å². The highest BCUT2D eigenvalue weighted by atomic mass is 32.2. The Hall–Kier alpha value is -2.09. The molecule has 0 heterocycles. The van der Waals surface area contributed by atoms with Crippen molar-refractivity contribution in [2.45, 2.75) is 64.4 Å². The number of hydrogen-bond acceptors (Lipinski definition) is 4. The van der Waals surface area contributed by atoms with Gasteiger partial charge in [-0.1, -0.05) is 50.1 Å². The molecule has 1 aromatic carbocycles. The molecule has 0 aromatic heterocycles. The highest BCUT2D eigenvalue weighted by molar-refractivity contribution is 7.84. The average Bonchev–Trinajstić information content (AvgIpc) is 2.68. The van der Waals surface area contributed by atoms with Gasteiger partial charge < -0.3 is 20.7 Å². The predicted octanol–water partition coefficient (Wildman–Crippen LogP) is 3.18. The fourth-order valence-electron chi connectivity index (χ4n) is 2.70. The maximum atomic E-state index is 12.3. The third kappa shape index (κ3) is 12.5. The van der Waals surface area contributed by atoms with E-state index in [9.17, 15) is 9.00 Å². The number of hydrogen-bond donors (Lipinski definition) is 3. The van der Waals surface area contributed by atoms with Crippen molar-refractivity contribution in [3.05, 3.63) is 35.9 Å². The summed E-state index contributed by atoms with van der Waals surface area (Å²) in [4.78, 5) is 16.2. The van der Waals surface area contributed by atoms with Gasteiger partial charge >= 0.3 is 6.09 Å². The molecule has 0 saturated heterocycles. The standard InChI is InChI=1S/C22H38N4O3S/c1-6-7-13-19(16-25-21(27)29-22(2,3)4)26-20(23-5)24-14-15-30(28)17-18-11-9-8-10-12-18/h8-12,19H,6-7,13-17H2,1-5H3,(H,25,27)(H2,23,24,26). The van der Waals surface area contributed by atoms with Gasteiger partial charge in [-0.15, -0.1) is 0 Å². The molecule has 0 fully saturated rings. The summed E-state index contributed by atoms with van der Waals surface area (Å²) in [7, 11) is 0.758. The molecule has 0 aliphatic rings. The predicted molar refractivity (Wildman–Crippen MR) is 125 cm³/mol. The third-order valence-electron chi connectivity index (χ3n) is 4.15. The van der Waals surface area contributed by atoms with Crippen molar-refractivity contribution in [2.24, 2.45) is 4.99 Å². The molecule has 7 nitrogen and oxygen atoms in total. The van der Waals surface area contributed by atoms with E-state index in [1.54, 1.807) is 7.05 Å². The minimum atomic E-state index is -0.945. The Morgan fingerprint density at radius 2 is 1.90 bits per heavy atom. The largest absolute Gasteiger partial charge is 0.444 e. The first-order chi connectivity index (χ1) is 14.2. The molecule has 1 amide bonds. The summed E-state index contributed by atoms with van der Waals surface area (Å²) in [6, 6.07) is 9.87. The summed E-state index contributed by atoms with van der Waals surface area (Å²) in [6.07, 6.45) is 2.57. The van der Waals surface area contributed by atoms with Crippen molar-refractivity contribution < 1.29 is 13.7 Å². The topological polar surface area (TPSA) is 91.8 Å². The molecule has 0 radical (unpaired) electrons. The molecule has 2 atom stereocenters. The Bertz CT molecular complexity index is 675. The van der Waals surface area contributed by atoms with Crippen LogP contribution in [0.5, 0.6) is 0 Å². The SMILES string of the molecule is CCCCC(CNC(=O)OC(C)(C)C)NC(=NC)NCCS(=O)Cc1ccccc1. The summed E-state index contributed by atoms with van der Waals surface area (Å²) in [5.41, 5.74) is 0.551. The van der Waals surface area contributed by atoms with Crippen LogP contribution in [0.2, 0.25) is 0 Å². The first-order valence-corrected chi connectivity index (χ1v) is 12.0. The number of nitrogens with one attached hydrogen (secondary N) is 3. The number of nitrogens with zero attached hydrogens (tertiary/aromatic N) is 1. The lowest BCUT2D eigenvalue weighted by atomic mass is 10.1. The fourth-order valence-corrected chi connectivity index (χ4v) is 3.74. The second-order valence-electron chi connectivity index (χ2n) is 8.14. The fraction of sp³-hybridized carbons (Fsp3) is 0.636. The van der Waals surface area contributed by atoms with Gasteiger partial charge in [0.05, 0.1) is 0 Å². The molecule has 0 saturated carbocycles. The van der Waals surface area contributed by atoms with Crippen molar-refractivity contribution in [3.63, 3.8) is 0 Å². The molecular formula is C22H38N4O3S. The Morgan fingerprint density at radius 3 is 2.50 bits per heavy atom. The highest BCUT2D eigenvalue weighted by Crippen LogP contribution is 2.07. The lowest BCUT2D eigenvalue weighted by Gasteiger charge is -2.24. The average molecular weight is 439 g/mol. The number of rotatable bonds is 11. The molecule has 1 rings (SSSR count). The van der Waals surface area contributed by atoms with E-state index in [-0.39, 0.29) is 6.04 Å². The van der Waals surface area contributed by atoms with Crippen LogP contribution < -0.4 is 16.0 Å². The molecule has 30 heavy (non-hydrogen) atoms. The Morgan fingerprint density at radius 1 is 1.20 bits per heavy atom. The maximum absolute atomic E-state index is 12.3. The van der Waals surface area contributed by atoms with Crippen LogP contribution in [-0.2, 0) is 21.3 Å². The van der Waals surface area contributed by atoms with Gasteiger partial charge in [-0.05, 0) is 32.8 Å². The van der Waals surface area contributed by atoms with Crippen LogP contribution >= 0.6 is 0 Å². The van der Waals surface area contributed by atoms with E-state index in [0.717, 1.165) is 24.8 Å². The summed E-state index contributed by atoms with van der Waals surface area (Å²) in [6.45, 7) is 8.65. The van der Waals surface area contributed by atoms with Crippen LogP contribution in [0, 0.1) is 0 Å². The van der Waals surface area contributed by atoms with Crippen molar-refractivity contribution in [2.75, 3.05) is 25.9 Å². The molecule has 1 aromatic rings. The van der Waals surface area contributed by atoms with Gasteiger partial charge in [0, 0.05) is 48.5 Å². The first-order valence-electron chi connectivity index (χ1n) is 10.6. The molecule has 0 bridgehead atoms. The zero-order chi connectivity index (χ0) is 22.4. The van der Waals surface area contributed by atoms with E-state index in [4.69, 9.17) is 4.74 Å². The van der Waals surface area contributed by atoms with Gasteiger partial charge in [0.15, 0.2) is 5.96 Å². The highest BCUT2D eigenvalue weighted by Gasteiger charge is 2.18. The molecule has 3 N–H and O–H groups in total. The number of ether oxygens (including phenoxy) is 1. The number of alkyl carbamates (subject to hydrolysis) is 1. The van der Waals surface area contributed by atoms with E-state index >= 15 is 0 Å². The maximum Gasteiger partial charge on any atom is 0.407 e. The van der Waals surface area contributed by atoms with E-state index in [2.05, 4.69) is 27.9 Å². The van der Waals surface area contributed by atoms with Crippen molar-refractivity contribution >= 4 is 22.9 Å². The number of amides is 1. The van der Waals surface area contributed by atoms with Crippen LogP contribution in [0.1, 0.15) is 52.5 Å². The van der Waals surface area contributed by atoms with Crippen LogP contribution in [0.15, 0.2) is 35.3 Å². The van der Waals surface area contributed by atoms with Crippen molar-refractivity contribution in [1.82, 2.24) is 16.0 Å².